The molecule has 0 bridgehead atoms. The molecule has 0 spiro atoms. The first-order chi connectivity index (χ1) is 15.5. The minimum Gasteiger partial charge on any atom is -0.458 e. The topological polar surface area (TPSA) is 89.5 Å². The molecule has 0 saturated heterocycles. The van der Waals surface area contributed by atoms with E-state index < -0.39 is 33.4 Å². The average Bonchev–Trinajstić information content (AvgIpc) is 2.77. The number of aryl methyl sites for hydroxylation is 1. The number of nitrogens with one attached hydrogen (secondary N) is 1. The molecule has 1 N–H and O–H groups in total. The number of Topliss-reactive ketones (excluding diaryl/α,β-unsaturated/α-hetero) is 1. The average molecular weight is 466 g/mol. The first kappa shape index (κ1) is 24.4. The molecular formula is C26H27NO5S. The van der Waals surface area contributed by atoms with Gasteiger partial charge in [-0.15, -0.1) is 0 Å². The molecule has 1 unspecified atom stereocenters. The molecule has 0 aliphatic heterocycles. The Labute approximate surface area is 194 Å². The lowest BCUT2D eigenvalue weighted by Gasteiger charge is -2.24. The van der Waals surface area contributed by atoms with E-state index in [1.54, 1.807) is 57.2 Å². The van der Waals surface area contributed by atoms with Crippen LogP contribution >= 0.6 is 0 Å². The lowest BCUT2D eigenvalue weighted by atomic mass is 10.00. The number of benzene rings is 3. The fraction of sp³-hybridized carbons (Fsp3) is 0.231. The number of hydrogen-bond donors (Lipinski definition) is 1. The summed E-state index contributed by atoms with van der Waals surface area (Å²) >= 11 is 0. The maximum absolute atomic E-state index is 13.3. The minimum absolute atomic E-state index is 0.0473. The zero-order chi connectivity index (χ0) is 24.2. The molecule has 3 rings (SSSR count). The summed E-state index contributed by atoms with van der Waals surface area (Å²) in [5.41, 5.74) is 2.04. The van der Waals surface area contributed by atoms with Crippen LogP contribution in [0.2, 0.25) is 0 Å². The van der Waals surface area contributed by atoms with Crippen molar-refractivity contribution in [3.8, 4) is 11.1 Å². The summed E-state index contributed by atoms with van der Waals surface area (Å²) in [6.45, 7) is 6.77. The molecule has 0 radical (unpaired) electrons. The van der Waals surface area contributed by atoms with Crippen molar-refractivity contribution < 1.29 is 22.7 Å². The quantitative estimate of drug-likeness (QED) is 0.314. The second kappa shape index (κ2) is 9.68. The summed E-state index contributed by atoms with van der Waals surface area (Å²) in [7, 11) is -4.15. The summed E-state index contributed by atoms with van der Waals surface area (Å²) < 4.78 is 33.4. The molecule has 3 aromatic rings. The molecule has 172 valence electrons. The Kier molecular flexibility index (Phi) is 7.15. The van der Waals surface area contributed by atoms with Gasteiger partial charge in [-0.3, -0.25) is 4.79 Å². The van der Waals surface area contributed by atoms with Gasteiger partial charge in [0.1, 0.15) is 5.60 Å². The van der Waals surface area contributed by atoms with Crippen LogP contribution in [0.4, 0.5) is 0 Å². The van der Waals surface area contributed by atoms with E-state index in [1.807, 2.05) is 37.3 Å². The Hall–Kier alpha value is -3.29. The highest BCUT2D eigenvalue weighted by molar-refractivity contribution is 7.89. The van der Waals surface area contributed by atoms with E-state index in [1.165, 1.54) is 12.1 Å². The van der Waals surface area contributed by atoms with Gasteiger partial charge in [-0.05, 0) is 51.0 Å². The van der Waals surface area contributed by atoms with Crippen LogP contribution in [0.1, 0.15) is 36.7 Å². The van der Waals surface area contributed by atoms with E-state index in [9.17, 15) is 18.0 Å². The lowest BCUT2D eigenvalue weighted by Crippen LogP contribution is -2.49. The fourth-order valence-corrected chi connectivity index (χ4v) is 4.28. The van der Waals surface area contributed by atoms with Gasteiger partial charge in [0, 0.05) is 5.56 Å². The summed E-state index contributed by atoms with van der Waals surface area (Å²) in [5.74, 6) is -1.66. The molecule has 6 nitrogen and oxygen atoms in total. The van der Waals surface area contributed by atoms with Crippen LogP contribution < -0.4 is 4.72 Å². The maximum atomic E-state index is 13.3. The first-order valence-electron chi connectivity index (χ1n) is 10.5. The van der Waals surface area contributed by atoms with E-state index >= 15 is 0 Å². The number of esters is 1. The SMILES string of the molecule is Cc1ccc(S(=O)(=O)NC(C(=O)OC(C)(C)C)C(=O)c2ccc(-c3ccccc3)cc2)cc1. The van der Waals surface area contributed by atoms with Gasteiger partial charge in [0.05, 0.1) is 4.90 Å². The third-order valence-corrected chi connectivity index (χ3v) is 6.22. The monoisotopic (exact) mass is 465 g/mol. The zero-order valence-electron chi connectivity index (χ0n) is 19.0. The molecule has 0 aliphatic rings. The number of hydrogen-bond acceptors (Lipinski definition) is 5. The molecule has 33 heavy (non-hydrogen) atoms. The Morgan fingerprint density at radius 2 is 1.36 bits per heavy atom. The molecule has 0 aliphatic carbocycles. The van der Waals surface area contributed by atoms with E-state index in [-0.39, 0.29) is 10.5 Å². The third kappa shape index (κ3) is 6.37. The van der Waals surface area contributed by atoms with Gasteiger partial charge in [0.15, 0.2) is 11.8 Å². The van der Waals surface area contributed by atoms with Crippen LogP contribution in [-0.4, -0.2) is 31.8 Å². The van der Waals surface area contributed by atoms with E-state index in [2.05, 4.69) is 4.72 Å². The Morgan fingerprint density at radius 3 is 1.91 bits per heavy atom. The Balaban J connectivity index is 1.92. The molecule has 1 atom stereocenters. The molecule has 0 heterocycles. The van der Waals surface area contributed by atoms with E-state index in [4.69, 9.17) is 4.74 Å². The molecule has 0 fully saturated rings. The Morgan fingerprint density at radius 1 is 0.818 bits per heavy atom. The zero-order valence-corrected chi connectivity index (χ0v) is 19.8. The largest absolute Gasteiger partial charge is 0.458 e. The summed E-state index contributed by atoms with van der Waals surface area (Å²) in [6.07, 6.45) is 0. The molecule has 3 aromatic carbocycles. The molecule has 0 saturated carbocycles. The standard InChI is InChI=1S/C26H27NO5S/c1-18-10-16-22(17-11-18)33(30,31)27-23(25(29)32-26(2,3)4)24(28)21-14-12-20(13-15-21)19-8-6-5-7-9-19/h5-17,23,27H,1-4H3. The predicted octanol–water partition coefficient (Wildman–Crippen LogP) is 4.53. The van der Waals surface area contributed by atoms with Gasteiger partial charge in [-0.25, -0.2) is 13.2 Å². The number of carbonyl (C=O) groups excluding carboxylic acids is 2. The second-order valence-electron chi connectivity index (χ2n) is 8.71. The van der Waals surface area contributed by atoms with Crippen molar-refractivity contribution >= 4 is 21.8 Å². The van der Waals surface area contributed by atoms with Gasteiger partial charge in [-0.1, -0.05) is 72.3 Å². The lowest BCUT2D eigenvalue weighted by molar-refractivity contribution is -0.155. The van der Waals surface area contributed by atoms with E-state index in [0.29, 0.717) is 0 Å². The van der Waals surface area contributed by atoms with Crippen LogP contribution in [-0.2, 0) is 19.6 Å². The molecule has 7 heteroatoms. The molecular weight excluding hydrogens is 438 g/mol. The van der Waals surface area contributed by atoms with Crippen molar-refractivity contribution in [2.24, 2.45) is 0 Å². The van der Waals surface area contributed by atoms with Gasteiger partial charge in [-0.2, -0.15) is 4.72 Å². The van der Waals surface area contributed by atoms with Gasteiger partial charge >= 0.3 is 5.97 Å². The van der Waals surface area contributed by atoms with Gasteiger partial charge in [0.2, 0.25) is 10.0 Å². The van der Waals surface area contributed by atoms with Gasteiger partial charge in [0.25, 0.3) is 0 Å². The Bertz CT molecular complexity index is 1230. The van der Waals surface area contributed by atoms with Crippen molar-refractivity contribution in [2.45, 2.75) is 44.2 Å². The van der Waals surface area contributed by atoms with Crippen LogP contribution in [0.3, 0.4) is 0 Å². The van der Waals surface area contributed by atoms with Crippen LogP contribution in [0.5, 0.6) is 0 Å². The summed E-state index contributed by atoms with van der Waals surface area (Å²) in [4.78, 5) is 26.1. The van der Waals surface area contributed by atoms with Crippen molar-refractivity contribution in [1.29, 1.82) is 0 Å². The number of rotatable bonds is 7. The molecule has 0 amide bonds. The van der Waals surface area contributed by atoms with E-state index in [0.717, 1.165) is 16.7 Å². The highest BCUT2D eigenvalue weighted by Crippen LogP contribution is 2.21. The number of ether oxygens (including phenoxy) is 1. The van der Waals surface area contributed by atoms with Crippen LogP contribution in [0.15, 0.2) is 83.8 Å². The van der Waals surface area contributed by atoms with Crippen LogP contribution in [0, 0.1) is 6.92 Å². The van der Waals surface area contributed by atoms with Crippen molar-refractivity contribution in [3.63, 3.8) is 0 Å². The number of sulfonamides is 1. The molecule has 0 aromatic heterocycles. The minimum atomic E-state index is -4.15. The summed E-state index contributed by atoms with van der Waals surface area (Å²) in [5, 5.41) is 0. The van der Waals surface area contributed by atoms with Crippen molar-refractivity contribution in [3.05, 3.63) is 90.0 Å². The predicted molar refractivity (Wildman–Crippen MR) is 127 cm³/mol. The second-order valence-corrected chi connectivity index (χ2v) is 10.4. The third-order valence-electron chi connectivity index (χ3n) is 4.79. The highest BCUT2D eigenvalue weighted by atomic mass is 32.2. The number of ketones is 1. The normalized spacial score (nSPS) is 12.7. The summed E-state index contributed by atoms with van der Waals surface area (Å²) in [6, 6.07) is 20.7. The smallest absolute Gasteiger partial charge is 0.332 e. The maximum Gasteiger partial charge on any atom is 0.332 e. The van der Waals surface area contributed by atoms with Crippen molar-refractivity contribution in [2.75, 3.05) is 0 Å². The highest BCUT2D eigenvalue weighted by Gasteiger charge is 2.36. The first-order valence-corrected chi connectivity index (χ1v) is 12.0. The fourth-order valence-electron chi connectivity index (χ4n) is 3.13. The van der Waals surface area contributed by atoms with Crippen LogP contribution in [0.25, 0.3) is 11.1 Å². The van der Waals surface area contributed by atoms with Gasteiger partial charge < -0.3 is 4.74 Å². The number of carbonyl (C=O) groups is 2. The van der Waals surface area contributed by atoms with Crippen molar-refractivity contribution in [1.82, 2.24) is 4.72 Å².